The van der Waals surface area contributed by atoms with Crippen LogP contribution < -0.4 is 10.1 Å². The quantitative estimate of drug-likeness (QED) is 0.743. The molecule has 0 bridgehead atoms. The number of halogens is 1. The van der Waals surface area contributed by atoms with Crippen LogP contribution in [0.25, 0.3) is 10.9 Å². The van der Waals surface area contributed by atoms with Crippen LogP contribution in [0.5, 0.6) is 5.75 Å². The predicted octanol–water partition coefficient (Wildman–Crippen LogP) is 4.12. The molecule has 0 spiro atoms. The molecule has 1 unspecified atom stereocenters. The Labute approximate surface area is 151 Å². The number of hydrogen-bond acceptors (Lipinski definition) is 2. The molecule has 1 heterocycles. The zero-order chi connectivity index (χ0) is 17.4. The second-order valence-corrected chi connectivity index (χ2v) is 6.85. The monoisotopic (exact) mass is 354 g/mol. The molecule has 1 aromatic heterocycles. The summed E-state index contributed by atoms with van der Waals surface area (Å²) in [6.07, 6.45) is 2.67. The van der Waals surface area contributed by atoms with E-state index in [0.29, 0.717) is 11.3 Å². The Bertz CT molecular complexity index is 948. The third kappa shape index (κ3) is 3.10. The number of carbonyl (C=O) groups is 1. The van der Waals surface area contributed by atoms with Gasteiger partial charge in [-0.05, 0) is 55.2 Å². The highest BCUT2D eigenvalue weighted by atomic mass is 35.5. The second kappa shape index (κ2) is 6.45. The molecule has 128 valence electrons. The maximum atomic E-state index is 12.5. The topological polar surface area (TPSA) is 54.1 Å². The molecule has 1 aliphatic carbocycles. The Hall–Kier alpha value is -2.46. The number of fused-ring (bicyclic) bond motifs is 3. The number of aromatic nitrogens is 1. The van der Waals surface area contributed by atoms with E-state index in [1.165, 1.54) is 16.6 Å². The predicted molar refractivity (Wildman–Crippen MR) is 99.6 cm³/mol. The number of carbonyl (C=O) groups excluding carboxylic acids is 1. The number of methoxy groups -OCH3 is 1. The van der Waals surface area contributed by atoms with Gasteiger partial charge in [-0.15, -0.1) is 0 Å². The number of H-pyrrole nitrogens is 1. The van der Waals surface area contributed by atoms with Crippen molar-refractivity contribution in [1.82, 2.24) is 10.3 Å². The molecule has 2 N–H and O–H groups in total. The lowest BCUT2D eigenvalue weighted by Crippen LogP contribution is -2.38. The van der Waals surface area contributed by atoms with Crippen LogP contribution in [0.1, 0.15) is 28.0 Å². The van der Waals surface area contributed by atoms with Crippen LogP contribution >= 0.6 is 11.6 Å². The SMILES string of the molecule is COc1cccc(C(=O)NC2CCc3[nH]c4cc(Cl)ccc4c3C2)c1. The molecule has 5 heteroatoms. The van der Waals surface area contributed by atoms with Crippen LogP contribution in [0, 0.1) is 0 Å². The molecule has 0 saturated heterocycles. The van der Waals surface area contributed by atoms with Crippen molar-refractivity contribution in [2.75, 3.05) is 7.11 Å². The fourth-order valence-corrected chi connectivity index (χ4v) is 3.73. The van der Waals surface area contributed by atoms with Gasteiger partial charge in [0.1, 0.15) is 5.75 Å². The summed E-state index contributed by atoms with van der Waals surface area (Å²) in [5, 5.41) is 5.08. The van der Waals surface area contributed by atoms with Crippen molar-refractivity contribution in [2.45, 2.75) is 25.3 Å². The third-order valence-corrected chi connectivity index (χ3v) is 5.05. The minimum atomic E-state index is -0.0600. The number of rotatable bonds is 3. The zero-order valence-electron chi connectivity index (χ0n) is 13.9. The maximum absolute atomic E-state index is 12.5. The van der Waals surface area contributed by atoms with Gasteiger partial charge in [-0.25, -0.2) is 0 Å². The Morgan fingerprint density at radius 3 is 3.00 bits per heavy atom. The van der Waals surface area contributed by atoms with Crippen LogP contribution in [0.2, 0.25) is 5.02 Å². The molecule has 1 amide bonds. The lowest BCUT2D eigenvalue weighted by Gasteiger charge is -2.23. The number of aromatic amines is 1. The van der Waals surface area contributed by atoms with Gasteiger partial charge >= 0.3 is 0 Å². The average Bonchev–Trinajstić information content (AvgIpc) is 2.98. The van der Waals surface area contributed by atoms with E-state index in [0.717, 1.165) is 29.8 Å². The van der Waals surface area contributed by atoms with Gasteiger partial charge in [-0.1, -0.05) is 23.7 Å². The van der Waals surface area contributed by atoms with Crippen molar-refractivity contribution >= 4 is 28.4 Å². The van der Waals surface area contributed by atoms with Crippen LogP contribution in [0.15, 0.2) is 42.5 Å². The van der Waals surface area contributed by atoms with Gasteiger partial charge in [-0.2, -0.15) is 0 Å². The first-order chi connectivity index (χ1) is 12.1. The van der Waals surface area contributed by atoms with Crippen LogP contribution in [-0.2, 0) is 12.8 Å². The lowest BCUT2D eigenvalue weighted by atomic mass is 9.91. The van der Waals surface area contributed by atoms with Crippen LogP contribution in [-0.4, -0.2) is 24.0 Å². The van der Waals surface area contributed by atoms with E-state index in [1.807, 2.05) is 24.3 Å². The van der Waals surface area contributed by atoms with Crippen LogP contribution in [0.3, 0.4) is 0 Å². The number of amides is 1. The molecular weight excluding hydrogens is 336 g/mol. The van der Waals surface area contributed by atoms with E-state index in [2.05, 4.69) is 16.4 Å². The van der Waals surface area contributed by atoms with Crippen molar-refractivity contribution in [1.29, 1.82) is 0 Å². The number of ether oxygens (including phenoxy) is 1. The Morgan fingerprint density at radius 1 is 1.28 bits per heavy atom. The minimum Gasteiger partial charge on any atom is -0.497 e. The van der Waals surface area contributed by atoms with Gasteiger partial charge in [0.2, 0.25) is 0 Å². The van der Waals surface area contributed by atoms with Gasteiger partial charge in [0.05, 0.1) is 7.11 Å². The van der Waals surface area contributed by atoms with E-state index in [-0.39, 0.29) is 11.9 Å². The fraction of sp³-hybridized carbons (Fsp3) is 0.250. The van der Waals surface area contributed by atoms with Crippen molar-refractivity contribution < 1.29 is 9.53 Å². The van der Waals surface area contributed by atoms with E-state index in [4.69, 9.17) is 16.3 Å². The third-order valence-electron chi connectivity index (χ3n) is 4.82. The number of aryl methyl sites for hydroxylation is 1. The first kappa shape index (κ1) is 16.0. The Kier molecular flexibility index (Phi) is 4.14. The highest BCUT2D eigenvalue weighted by Crippen LogP contribution is 2.30. The first-order valence-electron chi connectivity index (χ1n) is 8.38. The van der Waals surface area contributed by atoms with Gasteiger partial charge in [0.15, 0.2) is 0 Å². The number of hydrogen-bond donors (Lipinski definition) is 2. The first-order valence-corrected chi connectivity index (χ1v) is 8.76. The van der Waals surface area contributed by atoms with Crippen LogP contribution in [0.4, 0.5) is 0 Å². The second-order valence-electron chi connectivity index (χ2n) is 6.42. The molecule has 3 aromatic rings. The molecule has 4 rings (SSSR count). The minimum absolute atomic E-state index is 0.0600. The van der Waals surface area contributed by atoms with Crippen molar-refractivity contribution in [3.63, 3.8) is 0 Å². The highest BCUT2D eigenvalue weighted by Gasteiger charge is 2.24. The molecule has 0 saturated carbocycles. The van der Waals surface area contributed by atoms with Gasteiger partial charge in [-0.3, -0.25) is 4.79 Å². The summed E-state index contributed by atoms with van der Waals surface area (Å²) in [5.41, 5.74) is 4.23. The molecule has 0 radical (unpaired) electrons. The van der Waals surface area contributed by atoms with E-state index in [1.54, 1.807) is 19.2 Å². The van der Waals surface area contributed by atoms with E-state index >= 15 is 0 Å². The Morgan fingerprint density at radius 2 is 2.16 bits per heavy atom. The lowest BCUT2D eigenvalue weighted by molar-refractivity contribution is 0.0933. The smallest absolute Gasteiger partial charge is 0.251 e. The average molecular weight is 355 g/mol. The molecule has 4 nitrogen and oxygen atoms in total. The summed E-state index contributed by atoms with van der Waals surface area (Å²) in [4.78, 5) is 16.0. The van der Waals surface area contributed by atoms with Crippen molar-refractivity contribution in [3.05, 3.63) is 64.3 Å². The van der Waals surface area contributed by atoms with Gasteiger partial charge in [0, 0.05) is 33.2 Å². The summed E-state index contributed by atoms with van der Waals surface area (Å²) in [5.74, 6) is 0.627. The highest BCUT2D eigenvalue weighted by molar-refractivity contribution is 6.31. The number of benzene rings is 2. The van der Waals surface area contributed by atoms with Crippen molar-refractivity contribution in [3.8, 4) is 5.75 Å². The summed E-state index contributed by atoms with van der Waals surface area (Å²) in [6, 6.07) is 13.3. The normalized spacial score (nSPS) is 16.5. The molecule has 0 fully saturated rings. The summed E-state index contributed by atoms with van der Waals surface area (Å²) in [6.45, 7) is 0. The molecule has 0 aliphatic heterocycles. The molecule has 1 aliphatic rings. The summed E-state index contributed by atoms with van der Waals surface area (Å²) < 4.78 is 5.19. The van der Waals surface area contributed by atoms with E-state index < -0.39 is 0 Å². The number of nitrogens with one attached hydrogen (secondary N) is 2. The fourth-order valence-electron chi connectivity index (χ4n) is 3.55. The summed E-state index contributed by atoms with van der Waals surface area (Å²) >= 11 is 6.09. The largest absolute Gasteiger partial charge is 0.497 e. The molecule has 25 heavy (non-hydrogen) atoms. The molecular formula is C20H19ClN2O2. The maximum Gasteiger partial charge on any atom is 0.251 e. The Balaban J connectivity index is 1.54. The standard InChI is InChI=1S/C20H19ClN2O2/c1-25-15-4-2-3-12(9-15)20(24)22-14-6-8-18-17(11-14)16-7-5-13(21)10-19(16)23-18/h2-5,7,9-10,14,23H,6,8,11H2,1H3,(H,22,24). The van der Waals surface area contributed by atoms with Crippen molar-refractivity contribution in [2.24, 2.45) is 0 Å². The van der Waals surface area contributed by atoms with Gasteiger partial charge in [0.25, 0.3) is 5.91 Å². The van der Waals surface area contributed by atoms with E-state index in [9.17, 15) is 4.79 Å². The van der Waals surface area contributed by atoms with Gasteiger partial charge < -0.3 is 15.0 Å². The summed E-state index contributed by atoms with van der Waals surface area (Å²) in [7, 11) is 1.60. The zero-order valence-corrected chi connectivity index (χ0v) is 14.7. The molecule has 1 atom stereocenters. The molecule has 2 aromatic carbocycles.